The molecule has 0 heterocycles. The highest BCUT2D eigenvalue weighted by atomic mass is 14.5. The van der Waals surface area contributed by atoms with Gasteiger partial charge in [0.2, 0.25) is 0 Å². The molecular formula is C36H30N4. The molecule has 0 amide bonds. The van der Waals surface area contributed by atoms with Crippen LogP contribution in [-0.2, 0) is 6.42 Å². The van der Waals surface area contributed by atoms with E-state index in [4.69, 9.17) is 21.7 Å². The van der Waals surface area contributed by atoms with Crippen LogP contribution in [0.2, 0.25) is 0 Å². The van der Waals surface area contributed by atoms with E-state index in [0.717, 1.165) is 28.7 Å². The standard InChI is InChI=1S/C36H30N4/c1-25(21-37)19-27(23-39)9-3-4-10-31-32-11-5-7-13-34(32)36(35-14-8-6-12-33(31)35)29-17-15-28(16-18-29)30(24-40)20-26(2)22-38/h3-8,11-20,23-24,40H,2,9-10,39H2,1H3/b4-3-,25-19+,27-23-,30-20+,40-24?. The van der Waals surface area contributed by atoms with Crippen LogP contribution < -0.4 is 5.73 Å². The quantitative estimate of drug-likeness (QED) is 0.0763. The van der Waals surface area contributed by atoms with Gasteiger partial charge in [0, 0.05) is 22.9 Å². The maximum atomic E-state index is 9.09. The van der Waals surface area contributed by atoms with Gasteiger partial charge in [0.05, 0.1) is 12.1 Å². The van der Waals surface area contributed by atoms with Gasteiger partial charge in [0.25, 0.3) is 0 Å². The number of hydrogen-bond donors (Lipinski definition) is 2. The van der Waals surface area contributed by atoms with Crippen molar-refractivity contribution >= 4 is 33.3 Å². The molecule has 4 nitrogen and oxygen atoms in total. The van der Waals surface area contributed by atoms with Crippen molar-refractivity contribution in [3.63, 3.8) is 0 Å². The van der Waals surface area contributed by atoms with Gasteiger partial charge in [-0.15, -0.1) is 0 Å². The number of nitrogens with zero attached hydrogens (tertiary/aromatic N) is 2. The fraction of sp³-hybridized carbons (Fsp3) is 0.0833. The lowest BCUT2D eigenvalue weighted by Gasteiger charge is -2.17. The first-order valence-corrected chi connectivity index (χ1v) is 13.0. The maximum Gasteiger partial charge on any atom is 0.0985 e. The van der Waals surface area contributed by atoms with E-state index in [1.807, 2.05) is 24.3 Å². The number of allylic oxidation sites excluding steroid dienone is 8. The van der Waals surface area contributed by atoms with Crippen molar-refractivity contribution in [3.8, 4) is 23.3 Å². The highest BCUT2D eigenvalue weighted by Crippen LogP contribution is 2.40. The molecule has 0 aliphatic heterocycles. The summed E-state index contributed by atoms with van der Waals surface area (Å²) in [6, 6.07) is 29.3. The third kappa shape index (κ3) is 5.99. The van der Waals surface area contributed by atoms with Gasteiger partial charge in [-0.2, -0.15) is 10.5 Å². The van der Waals surface area contributed by atoms with E-state index in [1.165, 1.54) is 33.3 Å². The summed E-state index contributed by atoms with van der Waals surface area (Å²) in [4.78, 5) is 0. The molecule has 4 heteroatoms. The summed E-state index contributed by atoms with van der Waals surface area (Å²) in [5, 5.41) is 30.7. The first kappa shape index (κ1) is 27.6. The topological polar surface area (TPSA) is 97.4 Å². The molecule has 0 aliphatic rings. The van der Waals surface area contributed by atoms with Crippen LogP contribution in [0.25, 0.3) is 38.2 Å². The zero-order valence-corrected chi connectivity index (χ0v) is 22.5. The Morgan fingerprint density at radius 1 is 0.850 bits per heavy atom. The van der Waals surface area contributed by atoms with Gasteiger partial charge in [0.1, 0.15) is 0 Å². The Hall–Kier alpha value is -5.45. The molecule has 0 saturated carbocycles. The van der Waals surface area contributed by atoms with Crippen LogP contribution in [0.5, 0.6) is 0 Å². The predicted octanol–water partition coefficient (Wildman–Crippen LogP) is 8.57. The van der Waals surface area contributed by atoms with E-state index in [0.29, 0.717) is 23.1 Å². The SMILES string of the molecule is C=C(C#N)/C=C(\C=N)c1ccc(-c2c3ccccc3c(C/C=C\CC(=C/N)/C=C(\C)C#N)c3ccccc23)cc1. The largest absolute Gasteiger partial charge is 0.404 e. The lowest BCUT2D eigenvalue weighted by molar-refractivity contribution is 1.21. The van der Waals surface area contributed by atoms with Gasteiger partial charge in [-0.05, 0) is 87.5 Å². The van der Waals surface area contributed by atoms with Gasteiger partial charge >= 0.3 is 0 Å². The summed E-state index contributed by atoms with van der Waals surface area (Å²) in [5.74, 6) is 0. The Morgan fingerprint density at radius 2 is 1.45 bits per heavy atom. The van der Waals surface area contributed by atoms with Crippen molar-refractivity contribution in [2.75, 3.05) is 0 Å². The molecule has 0 spiro atoms. The summed E-state index contributed by atoms with van der Waals surface area (Å²) >= 11 is 0. The summed E-state index contributed by atoms with van der Waals surface area (Å²) in [6.07, 6.45) is 11.9. The molecule has 0 aromatic heterocycles. The molecule has 40 heavy (non-hydrogen) atoms. The number of nitrogens with two attached hydrogens (primary N) is 1. The smallest absolute Gasteiger partial charge is 0.0985 e. The second kappa shape index (κ2) is 12.9. The van der Waals surface area contributed by atoms with Gasteiger partial charge in [-0.3, -0.25) is 0 Å². The normalized spacial score (nSPS) is 12.4. The maximum absolute atomic E-state index is 9.09. The van der Waals surface area contributed by atoms with E-state index in [9.17, 15) is 0 Å². The average molecular weight is 519 g/mol. The van der Waals surface area contributed by atoms with E-state index < -0.39 is 0 Å². The highest BCUT2D eigenvalue weighted by Gasteiger charge is 2.14. The van der Waals surface area contributed by atoms with E-state index in [2.05, 4.69) is 85.5 Å². The predicted molar refractivity (Wildman–Crippen MR) is 168 cm³/mol. The van der Waals surface area contributed by atoms with E-state index in [-0.39, 0.29) is 0 Å². The second-order valence-corrected chi connectivity index (χ2v) is 9.46. The monoisotopic (exact) mass is 518 g/mol. The van der Waals surface area contributed by atoms with Crippen molar-refractivity contribution in [1.29, 1.82) is 15.9 Å². The summed E-state index contributed by atoms with van der Waals surface area (Å²) in [5.41, 5.74) is 12.6. The zero-order chi connectivity index (χ0) is 28.5. The van der Waals surface area contributed by atoms with Gasteiger partial charge < -0.3 is 11.1 Å². The van der Waals surface area contributed by atoms with Crippen LogP contribution in [0.4, 0.5) is 0 Å². The van der Waals surface area contributed by atoms with Crippen LogP contribution >= 0.6 is 0 Å². The highest BCUT2D eigenvalue weighted by molar-refractivity contribution is 6.15. The van der Waals surface area contributed by atoms with Crippen molar-refractivity contribution in [2.24, 2.45) is 5.73 Å². The van der Waals surface area contributed by atoms with Crippen molar-refractivity contribution < 1.29 is 0 Å². The summed E-state index contributed by atoms with van der Waals surface area (Å²) in [7, 11) is 0. The summed E-state index contributed by atoms with van der Waals surface area (Å²) < 4.78 is 0. The number of hydrogen-bond acceptors (Lipinski definition) is 4. The van der Waals surface area contributed by atoms with Crippen molar-refractivity contribution in [1.82, 2.24) is 0 Å². The van der Waals surface area contributed by atoms with Crippen molar-refractivity contribution in [3.05, 3.63) is 138 Å². The van der Waals surface area contributed by atoms with E-state index >= 15 is 0 Å². The first-order chi connectivity index (χ1) is 19.5. The second-order valence-electron chi connectivity index (χ2n) is 9.46. The minimum absolute atomic E-state index is 0.313. The fourth-order valence-corrected chi connectivity index (χ4v) is 4.91. The third-order valence-corrected chi connectivity index (χ3v) is 6.81. The fourth-order valence-electron chi connectivity index (χ4n) is 4.91. The van der Waals surface area contributed by atoms with Crippen LogP contribution in [0.1, 0.15) is 24.5 Å². The molecule has 0 fully saturated rings. The zero-order valence-electron chi connectivity index (χ0n) is 22.5. The molecule has 4 aromatic carbocycles. The number of fused-ring (bicyclic) bond motifs is 2. The minimum Gasteiger partial charge on any atom is -0.404 e. The molecule has 4 aromatic rings. The lowest BCUT2D eigenvalue weighted by Crippen LogP contribution is -1.93. The number of rotatable bonds is 9. The molecule has 0 atom stereocenters. The Kier molecular flexibility index (Phi) is 8.88. The van der Waals surface area contributed by atoms with Crippen LogP contribution in [0.15, 0.2) is 127 Å². The van der Waals surface area contributed by atoms with Crippen LogP contribution in [0.3, 0.4) is 0 Å². The van der Waals surface area contributed by atoms with Crippen molar-refractivity contribution in [2.45, 2.75) is 19.8 Å². The van der Waals surface area contributed by atoms with Gasteiger partial charge in [-0.1, -0.05) is 91.5 Å². The molecule has 0 aliphatic carbocycles. The average Bonchev–Trinajstić information content (AvgIpc) is 3.00. The first-order valence-electron chi connectivity index (χ1n) is 13.0. The molecule has 0 unspecified atom stereocenters. The Labute approximate surface area is 235 Å². The van der Waals surface area contributed by atoms with Gasteiger partial charge in [0.15, 0.2) is 0 Å². The van der Waals surface area contributed by atoms with E-state index in [1.54, 1.807) is 19.2 Å². The molecule has 0 bridgehead atoms. The Morgan fingerprint density at radius 3 is 1.98 bits per heavy atom. The number of nitriles is 2. The van der Waals surface area contributed by atoms with Crippen LogP contribution in [-0.4, -0.2) is 6.21 Å². The Balaban J connectivity index is 1.78. The Bertz CT molecular complexity index is 1740. The lowest BCUT2D eigenvalue weighted by atomic mass is 9.87. The number of benzene rings is 4. The molecule has 0 saturated heterocycles. The minimum atomic E-state index is 0.313. The molecule has 4 rings (SSSR count). The molecule has 194 valence electrons. The third-order valence-electron chi connectivity index (χ3n) is 6.81. The summed E-state index contributed by atoms with van der Waals surface area (Å²) in [6.45, 7) is 5.49. The van der Waals surface area contributed by atoms with Gasteiger partial charge in [-0.25, -0.2) is 0 Å². The molecule has 0 radical (unpaired) electrons. The molecule has 3 N–H and O–H groups in total. The van der Waals surface area contributed by atoms with Crippen LogP contribution in [0, 0.1) is 28.1 Å². The molecular weight excluding hydrogens is 488 g/mol. The number of nitrogens with one attached hydrogen (secondary N) is 1.